The second-order valence-corrected chi connectivity index (χ2v) is 8.77. The van der Waals surface area contributed by atoms with Crippen molar-refractivity contribution in [2.75, 3.05) is 11.1 Å². The number of nitrogens with zero attached hydrogens (tertiary/aromatic N) is 1. The van der Waals surface area contributed by atoms with Crippen LogP contribution >= 0.6 is 23.1 Å². The number of aryl methyl sites for hydroxylation is 1. The van der Waals surface area contributed by atoms with Crippen molar-refractivity contribution in [2.45, 2.75) is 31.3 Å². The number of thioether (sulfide) groups is 1. The largest absolute Gasteiger partial charge is 0.323 e. The molecule has 0 radical (unpaired) electrons. The number of halogens is 1. The number of carbonyl (C=O) groups is 1. The Bertz CT molecular complexity index is 1080. The van der Waals surface area contributed by atoms with Crippen molar-refractivity contribution in [3.63, 3.8) is 0 Å². The number of rotatable bonds is 4. The molecule has 0 spiro atoms. The van der Waals surface area contributed by atoms with Crippen molar-refractivity contribution in [2.24, 2.45) is 5.92 Å². The molecule has 0 aliphatic heterocycles. The van der Waals surface area contributed by atoms with E-state index in [1.807, 2.05) is 0 Å². The monoisotopic (exact) mass is 403 g/mol. The first-order chi connectivity index (χ1) is 13.0. The maximum atomic E-state index is 13.6. The lowest BCUT2D eigenvalue weighted by atomic mass is 9.89. The molecule has 3 aromatic rings. The molecule has 1 aliphatic carbocycles. The van der Waals surface area contributed by atoms with Gasteiger partial charge in [-0.2, -0.15) is 0 Å². The lowest BCUT2D eigenvalue weighted by Crippen LogP contribution is -2.16. The standard InChI is InChI=1S/C19H18FN3O2S2/c1-10-6-7-11-14(8-10)27-18-16(11)17(25)22-19(23-18)26-9-15(24)21-13-5-3-2-4-12(13)20/h2-5,10H,6-9H2,1H3,(H,21,24)(H,22,23,25)/t10-/m1/s1. The van der Waals surface area contributed by atoms with Crippen molar-refractivity contribution in [3.05, 3.63) is 50.9 Å². The second kappa shape index (κ2) is 7.44. The van der Waals surface area contributed by atoms with Gasteiger partial charge in [0.05, 0.1) is 16.8 Å². The molecule has 1 aromatic carbocycles. The number of aromatic amines is 1. The number of nitrogens with one attached hydrogen (secondary N) is 2. The highest BCUT2D eigenvalue weighted by Crippen LogP contribution is 2.36. The van der Waals surface area contributed by atoms with Crippen LogP contribution in [0, 0.1) is 11.7 Å². The van der Waals surface area contributed by atoms with Crippen LogP contribution in [0.2, 0.25) is 0 Å². The lowest BCUT2D eigenvalue weighted by molar-refractivity contribution is -0.113. The van der Waals surface area contributed by atoms with Gasteiger partial charge in [-0.25, -0.2) is 9.37 Å². The molecule has 2 heterocycles. The summed E-state index contributed by atoms with van der Waals surface area (Å²) >= 11 is 2.71. The maximum absolute atomic E-state index is 13.6. The van der Waals surface area contributed by atoms with Crippen molar-refractivity contribution in [1.29, 1.82) is 0 Å². The smallest absolute Gasteiger partial charge is 0.260 e. The predicted octanol–water partition coefficient (Wildman–Crippen LogP) is 3.98. The van der Waals surface area contributed by atoms with Gasteiger partial charge in [-0.15, -0.1) is 11.3 Å². The summed E-state index contributed by atoms with van der Waals surface area (Å²) < 4.78 is 13.6. The molecular formula is C19H18FN3O2S2. The molecule has 2 N–H and O–H groups in total. The number of H-pyrrole nitrogens is 1. The minimum atomic E-state index is -0.484. The second-order valence-electron chi connectivity index (χ2n) is 6.72. The molecule has 1 aliphatic rings. The molecule has 0 saturated heterocycles. The Morgan fingerprint density at radius 1 is 1.44 bits per heavy atom. The van der Waals surface area contributed by atoms with Gasteiger partial charge in [-0.05, 0) is 42.9 Å². The zero-order valence-corrected chi connectivity index (χ0v) is 16.3. The predicted molar refractivity (Wildman–Crippen MR) is 107 cm³/mol. The Morgan fingerprint density at radius 3 is 3.07 bits per heavy atom. The summed E-state index contributed by atoms with van der Waals surface area (Å²) in [4.78, 5) is 33.9. The fourth-order valence-corrected chi connectivity index (χ4v) is 5.38. The van der Waals surface area contributed by atoms with Crippen LogP contribution in [-0.4, -0.2) is 21.6 Å². The first-order valence-corrected chi connectivity index (χ1v) is 10.5. The zero-order chi connectivity index (χ0) is 19.0. The quantitative estimate of drug-likeness (QED) is 0.510. The van der Waals surface area contributed by atoms with E-state index < -0.39 is 5.82 Å². The summed E-state index contributed by atoms with van der Waals surface area (Å²) in [5, 5.41) is 3.63. The topological polar surface area (TPSA) is 74.8 Å². The number of hydrogen-bond acceptors (Lipinski definition) is 5. The van der Waals surface area contributed by atoms with Crippen LogP contribution in [0.25, 0.3) is 10.2 Å². The number of para-hydroxylation sites is 1. The Labute approximate surface area is 163 Å². The van der Waals surface area contributed by atoms with Gasteiger partial charge >= 0.3 is 0 Å². The Kier molecular flexibility index (Phi) is 5.01. The number of amides is 1. The Balaban J connectivity index is 1.50. The van der Waals surface area contributed by atoms with E-state index >= 15 is 0 Å². The number of hydrogen-bond donors (Lipinski definition) is 2. The summed E-state index contributed by atoms with van der Waals surface area (Å²) in [7, 11) is 0. The van der Waals surface area contributed by atoms with Crippen LogP contribution in [-0.2, 0) is 17.6 Å². The van der Waals surface area contributed by atoms with E-state index in [1.165, 1.54) is 17.0 Å². The van der Waals surface area contributed by atoms with E-state index in [1.54, 1.807) is 23.5 Å². The number of aromatic nitrogens is 2. The van der Waals surface area contributed by atoms with Crippen LogP contribution in [0.5, 0.6) is 0 Å². The minimum absolute atomic E-state index is 0.0326. The maximum Gasteiger partial charge on any atom is 0.260 e. The summed E-state index contributed by atoms with van der Waals surface area (Å²) in [6, 6.07) is 6.00. The molecule has 8 heteroatoms. The van der Waals surface area contributed by atoms with Crippen molar-refractivity contribution < 1.29 is 9.18 Å². The number of fused-ring (bicyclic) bond motifs is 3. The average Bonchev–Trinajstić information content (AvgIpc) is 2.99. The number of carbonyl (C=O) groups excluding carboxylic acids is 1. The van der Waals surface area contributed by atoms with Crippen LogP contribution in [0.1, 0.15) is 23.8 Å². The van der Waals surface area contributed by atoms with E-state index in [0.29, 0.717) is 16.5 Å². The SMILES string of the molecule is C[C@@H]1CCc2c(sc3nc(SCC(=O)Nc4ccccc4F)[nH]c(=O)c23)C1. The van der Waals surface area contributed by atoms with Crippen LogP contribution < -0.4 is 10.9 Å². The molecular weight excluding hydrogens is 385 g/mol. The molecule has 0 bridgehead atoms. The van der Waals surface area contributed by atoms with Crippen LogP contribution in [0.15, 0.2) is 34.2 Å². The third-order valence-corrected chi connectivity index (χ3v) is 6.65. The highest BCUT2D eigenvalue weighted by molar-refractivity contribution is 7.99. The lowest BCUT2D eigenvalue weighted by Gasteiger charge is -2.17. The highest BCUT2D eigenvalue weighted by atomic mass is 32.2. The fourth-order valence-electron chi connectivity index (χ4n) is 3.28. The van der Waals surface area contributed by atoms with Gasteiger partial charge in [0.15, 0.2) is 5.16 Å². The molecule has 5 nitrogen and oxygen atoms in total. The van der Waals surface area contributed by atoms with Gasteiger partial charge in [-0.3, -0.25) is 9.59 Å². The van der Waals surface area contributed by atoms with Crippen LogP contribution in [0.4, 0.5) is 10.1 Å². The third kappa shape index (κ3) is 3.77. The average molecular weight is 404 g/mol. The molecule has 0 saturated carbocycles. The molecule has 2 aromatic heterocycles. The summed E-state index contributed by atoms with van der Waals surface area (Å²) in [6.45, 7) is 2.22. The van der Waals surface area contributed by atoms with E-state index in [-0.39, 0.29) is 22.9 Å². The normalized spacial score (nSPS) is 16.3. The van der Waals surface area contributed by atoms with Crippen molar-refractivity contribution in [1.82, 2.24) is 9.97 Å². The summed E-state index contributed by atoms with van der Waals surface area (Å²) in [5.74, 6) is -0.180. The van der Waals surface area contributed by atoms with E-state index in [2.05, 4.69) is 22.2 Å². The zero-order valence-electron chi connectivity index (χ0n) is 14.7. The summed E-state index contributed by atoms with van der Waals surface area (Å²) in [5.41, 5.74) is 1.12. The van der Waals surface area contributed by atoms with Gasteiger partial charge in [-0.1, -0.05) is 30.8 Å². The minimum Gasteiger partial charge on any atom is -0.323 e. The first-order valence-electron chi connectivity index (χ1n) is 8.73. The third-order valence-electron chi connectivity index (χ3n) is 4.63. The highest BCUT2D eigenvalue weighted by Gasteiger charge is 2.23. The molecule has 1 atom stereocenters. The summed E-state index contributed by atoms with van der Waals surface area (Å²) in [6.07, 6.45) is 2.99. The molecule has 1 amide bonds. The van der Waals surface area contributed by atoms with Gasteiger partial charge in [0.25, 0.3) is 5.56 Å². The van der Waals surface area contributed by atoms with Crippen molar-refractivity contribution in [3.8, 4) is 0 Å². The van der Waals surface area contributed by atoms with Crippen molar-refractivity contribution >= 4 is 44.9 Å². The van der Waals surface area contributed by atoms with Gasteiger partial charge < -0.3 is 10.3 Å². The van der Waals surface area contributed by atoms with Gasteiger partial charge in [0, 0.05) is 4.88 Å². The van der Waals surface area contributed by atoms with E-state index in [9.17, 15) is 14.0 Å². The molecule has 0 unspecified atom stereocenters. The van der Waals surface area contributed by atoms with E-state index in [0.717, 1.165) is 41.4 Å². The molecule has 27 heavy (non-hydrogen) atoms. The number of thiophene rings is 1. The number of anilines is 1. The van der Waals surface area contributed by atoms with Gasteiger partial charge in [0.2, 0.25) is 5.91 Å². The Hall–Kier alpha value is -2.19. The van der Waals surface area contributed by atoms with Gasteiger partial charge in [0.1, 0.15) is 10.6 Å². The molecule has 140 valence electrons. The van der Waals surface area contributed by atoms with E-state index in [4.69, 9.17) is 0 Å². The number of benzene rings is 1. The Morgan fingerprint density at radius 2 is 2.26 bits per heavy atom. The molecule has 4 rings (SSSR count). The fraction of sp³-hybridized carbons (Fsp3) is 0.316. The molecule has 0 fully saturated rings. The first kappa shape index (κ1) is 18.2. The van der Waals surface area contributed by atoms with Crippen LogP contribution in [0.3, 0.4) is 0 Å².